The fraction of sp³-hybridized carbons (Fsp3) is 0.235. The van der Waals surface area contributed by atoms with Gasteiger partial charge in [-0.05, 0) is 36.2 Å². The summed E-state index contributed by atoms with van der Waals surface area (Å²) in [4.78, 5) is 14.5. The van der Waals surface area contributed by atoms with Crippen LogP contribution >= 0.6 is 23.4 Å². The number of nitrogens with one attached hydrogen (secondary N) is 1. The van der Waals surface area contributed by atoms with Gasteiger partial charge in [0, 0.05) is 23.0 Å². The van der Waals surface area contributed by atoms with E-state index >= 15 is 0 Å². The molecule has 1 heterocycles. The standard InChI is InChI=1S/C17H17ClN2OS/c1-12-5-2-3-8-15(12)19-17(21)20-9-10-22-16(20)13-6-4-7-14(18)11-13/h2-8,11,16H,9-10H2,1H3,(H,19,21). The average molecular weight is 333 g/mol. The Morgan fingerprint density at radius 2 is 2.09 bits per heavy atom. The number of carbonyl (C=O) groups excluding carboxylic acids is 1. The van der Waals surface area contributed by atoms with Crippen molar-refractivity contribution in [2.75, 3.05) is 17.6 Å². The van der Waals surface area contributed by atoms with Crippen molar-refractivity contribution in [3.8, 4) is 0 Å². The monoisotopic (exact) mass is 332 g/mol. The Kier molecular flexibility index (Phi) is 4.60. The third kappa shape index (κ3) is 3.23. The minimum absolute atomic E-state index is 0.0164. The van der Waals surface area contributed by atoms with Gasteiger partial charge in [-0.1, -0.05) is 41.9 Å². The Morgan fingerprint density at radius 1 is 1.27 bits per heavy atom. The second-order valence-corrected chi connectivity index (χ2v) is 6.84. The molecule has 0 spiro atoms. The van der Waals surface area contributed by atoms with E-state index in [0.29, 0.717) is 5.02 Å². The maximum atomic E-state index is 12.6. The van der Waals surface area contributed by atoms with Gasteiger partial charge in [0.15, 0.2) is 0 Å². The number of halogens is 1. The van der Waals surface area contributed by atoms with Gasteiger partial charge >= 0.3 is 6.03 Å². The molecule has 3 nitrogen and oxygen atoms in total. The van der Waals surface area contributed by atoms with Crippen LogP contribution in [0.15, 0.2) is 48.5 Å². The van der Waals surface area contributed by atoms with E-state index in [9.17, 15) is 4.79 Å². The van der Waals surface area contributed by atoms with Crippen LogP contribution in [0, 0.1) is 6.92 Å². The summed E-state index contributed by atoms with van der Waals surface area (Å²) in [5.74, 6) is 0.929. The molecule has 2 aromatic rings. The van der Waals surface area contributed by atoms with Crippen LogP contribution in [-0.2, 0) is 0 Å². The van der Waals surface area contributed by atoms with Crippen molar-refractivity contribution in [2.24, 2.45) is 0 Å². The summed E-state index contributed by atoms with van der Waals surface area (Å²) in [6.07, 6.45) is 0. The van der Waals surface area contributed by atoms with Gasteiger partial charge in [-0.3, -0.25) is 0 Å². The van der Waals surface area contributed by atoms with E-state index in [2.05, 4.69) is 5.32 Å². The third-order valence-corrected chi connectivity index (χ3v) is 5.17. The zero-order valence-electron chi connectivity index (χ0n) is 12.3. The van der Waals surface area contributed by atoms with E-state index in [1.165, 1.54) is 0 Å². The van der Waals surface area contributed by atoms with Crippen molar-refractivity contribution in [1.82, 2.24) is 4.90 Å². The Hall–Kier alpha value is -1.65. The number of rotatable bonds is 2. The van der Waals surface area contributed by atoms with Crippen molar-refractivity contribution in [1.29, 1.82) is 0 Å². The van der Waals surface area contributed by atoms with E-state index in [0.717, 1.165) is 29.1 Å². The first-order chi connectivity index (χ1) is 10.6. The predicted octanol–water partition coefficient (Wildman–Crippen LogP) is 4.93. The highest BCUT2D eigenvalue weighted by Gasteiger charge is 2.30. The molecule has 114 valence electrons. The number of hydrogen-bond acceptors (Lipinski definition) is 2. The van der Waals surface area contributed by atoms with Crippen molar-refractivity contribution >= 4 is 35.1 Å². The summed E-state index contributed by atoms with van der Waals surface area (Å²) in [7, 11) is 0. The predicted molar refractivity (Wildman–Crippen MR) is 93.6 cm³/mol. The van der Waals surface area contributed by atoms with Gasteiger partial charge in [0.2, 0.25) is 0 Å². The first kappa shape index (κ1) is 15.3. The molecular weight excluding hydrogens is 316 g/mol. The lowest BCUT2D eigenvalue weighted by Gasteiger charge is -2.25. The number of anilines is 1. The lowest BCUT2D eigenvalue weighted by molar-refractivity contribution is 0.214. The molecule has 1 fully saturated rings. The molecule has 0 aromatic heterocycles. The van der Waals surface area contributed by atoms with E-state index in [-0.39, 0.29) is 11.4 Å². The van der Waals surface area contributed by atoms with Crippen LogP contribution in [0.1, 0.15) is 16.5 Å². The molecule has 1 unspecified atom stereocenters. The SMILES string of the molecule is Cc1ccccc1NC(=O)N1CCSC1c1cccc(Cl)c1. The highest BCUT2D eigenvalue weighted by molar-refractivity contribution is 7.99. The first-order valence-electron chi connectivity index (χ1n) is 7.15. The number of hydrogen-bond donors (Lipinski definition) is 1. The van der Waals surface area contributed by atoms with Crippen molar-refractivity contribution in [3.05, 3.63) is 64.7 Å². The molecule has 3 rings (SSSR count). The molecule has 0 aliphatic carbocycles. The lowest BCUT2D eigenvalue weighted by Crippen LogP contribution is -2.34. The topological polar surface area (TPSA) is 32.3 Å². The molecule has 22 heavy (non-hydrogen) atoms. The highest BCUT2D eigenvalue weighted by Crippen LogP contribution is 2.38. The van der Waals surface area contributed by atoms with Gasteiger partial charge in [-0.2, -0.15) is 0 Å². The van der Waals surface area contributed by atoms with Gasteiger partial charge in [-0.15, -0.1) is 11.8 Å². The van der Waals surface area contributed by atoms with Gasteiger partial charge in [0.1, 0.15) is 5.37 Å². The maximum absolute atomic E-state index is 12.6. The summed E-state index contributed by atoms with van der Waals surface area (Å²) < 4.78 is 0. The van der Waals surface area contributed by atoms with Crippen molar-refractivity contribution in [2.45, 2.75) is 12.3 Å². The quantitative estimate of drug-likeness (QED) is 0.845. The van der Waals surface area contributed by atoms with Gasteiger partial charge in [-0.25, -0.2) is 4.79 Å². The number of thioether (sulfide) groups is 1. The average Bonchev–Trinajstić information content (AvgIpc) is 2.99. The molecule has 2 aromatic carbocycles. The molecule has 1 saturated heterocycles. The number of urea groups is 1. The fourth-order valence-electron chi connectivity index (χ4n) is 2.51. The van der Waals surface area contributed by atoms with Crippen LogP contribution in [0.4, 0.5) is 10.5 Å². The summed E-state index contributed by atoms with van der Waals surface area (Å²) in [5.41, 5.74) is 2.98. The number of para-hydroxylation sites is 1. The van der Waals surface area contributed by atoms with Crippen LogP contribution in [0.3, 0.4) is 0 Å². The molecule has 0 radical (unpaired) electrons. The normalized spacial score (nSPS) is 17.5. The summed E-state index contributed by atoms with van der Waals surface area (Å²) in [5, 5.41) is 3.72. The van der Waals surface area contributed by atoms with Crippen molar-refractivity contribution < 1.29 is 4.79 Å². The smallest absolute Gasteiger partial charge is 0.308 e. The summed E-state index contributed by atoms with van der Waals surface area (Å²) in [6, 6.07) is 15.5. The number of aryl methyl sites for hydroxylation is 1. The molecule has 2 amide bonds. The zero-order valence-corrected chi connectivity index (χ0v) is 13.8. The largest absolute Gasteiger partial charge is 0.323 e. The van der Waals surface area contributed by atoms with Crippen molar-refractivity contribution in [3.63, 3.8) is 0 Å². The molecule has 1 N–H and O–H groups in total. The van der Waals surface area contributed by atoms with Crippen LogP contribution in [0.2, 0.25) is 5.02 Å². The molecule has 1 aliphatic heterocycles. The first-order valence-corrected chi connectivity index (χ1v) is 8.58. The molecule has 1 atom stereocenters. The van der Waals surface area contributed by atoms with E-state index in [4.69, 9.17) is 11.6 Å². The minimum atomic E-state index is -0.0655. The van der Waals surface area contributed by atoms with Crippen LogP contribution in [-0.4, -0.2) is 23.2 Å². The second-order valence-electron chi connectivity index (χ2n) is 5.22. The van der Waals surface area contributed by atoms with E-state index < -0.39 is 0 Å². The Bertz CT molecular complexity index is 692. The summed E-state index contributed by atoms with van der Waals surface area (Å²) >= 11 is 7.83. The van der Waals surface area contributed by atoms with Crippen LogP contribution in [0.25, 0.3) is 0 Å². The second kappa shape index (κ2) is 6.63. The molecular formula is C17H17ClN2OS. The molecule has 5 heteroatoms. The molecule has 0 bridgehead atoms. The van der Waals surface area contributed by atoms with Gasteiger partial charge in [0.05, 0.1) is 0 Å². The van der Waals surface area contributed by atoms with Crippen LogP contribution in [0.5, 0.6) is 0 Å². The van der Waals surface area contributed by atoms with E-state index in [1.807, 2.05) is 60.4 Å². The van der Waals surface area contributed by atoms with Gasteiger partial charge in [0.25, 0.3) is 0 Å². The number of carbonyl (C=O) groups is 1. The number of nitrogens with zero attached hydrogens (tertiary/aromatic N) is 1. The fourth-order valence-corrected chi connectivity index (χ4v) is 3.96. The third-order valence-electron chi connectivity index (χ3n) is 3.67. The highest BCUT2D eigenvalue weighted by atomic mass is 35.5. The Balaban J connectivity index is 1.78. The molecule has 1 aliphatic rings. The molecule has 0 saturated carbocycles. The number of amides is 2. The Morgan fingerprint density at radius 3 is 2.86 bits per heavy atom. The zero-order chi connectivity index (χ0) is 15.5. The number of benzene rings is 2. The van der Waals surface area contributed by atoms with Crippen LogP contribution < -0.4 is 5.32 Å². The maximum Gasteiger partial charge on any atom is 0.323 e. The lowest BCUT2D eigenvalue weighted by atomic mass is 10.2. The van der Waals surface area contributed by atoms with Gasteiger partial charge < -0.3 is 10.2 Å². The minimum Gasteiger partial charge on any atom is -0.308 e. The Labute approximate surface area is 139 Å². The summed E-state index contributed by atoms with van der Waals surface area (Å²) in [6.45, 7) is 2.72. The van der Waals surface area contributed by atoms with E-state index in [1.54, 1.807) is 11.8 Å².